The van der Waals surface area contributed by atoms with Crippen LogP contribution in [-0.4, -0.2) is 61.6 Å². The summed E-state index contributed by atoms with van der Waals surface area (Å²) in [4.78, 5) is 17.0. The number of carbonyl (C=O) groups excluding carboxylic acids is 1. The Hall–Kier alpha value is -0.610. The van der Waals surface area contributed by atoms with Gasteiger partial charge in [0.05, 0.1) is 7.11 Å². The highest BCUT2D eigenvalue weighted by atomic mass is 16.5. The maximum atomic E-state index is 12.0. The SMILES string of the molecule is CCCCC(C(=O)OC)N1CCC(CN2CCCC2)CC1. The van der Waals surface area contributed by atoms with Crippen molar-refractivity contribution in [2.75, 3.05) is 39.8 Å². The minimum absolute atomic E-state index is 0.0114. The van der Waals surface area contributed by atoms with E-state index in [1.165, 1.54) is 52.4 Å². The molecule has 2 heterocycles. The van der Waals surface area contributed by atoms with Gasteiger partial charge in [-0.25, -0.2) is 0 Å². The summed E-state index contributed by atoms with van der Waals surface area (Å²) in [5.41, 5.74) is 0. The topological polar surface area (TPSA) is 32.8 Å². The highest BCUT2D eigenvalue weighted by Gasteiger charge is 2.30. The van der Waals surface area contributed by atoms with E-state index in [-0.39, 0.29) is 12.0 Å². The molecule has 1 unspecified atom stereocenters. The molecule has 0 amide bonds. The van der Waals surface area contributed by atoms with Gasteiger partial charge in [-0.1, -0.05) is 19.8 Å². The van der Waals surface area contributed by atoms with Gasteiger partial charge in [0.1, 0.15) is 6.04 Å². The first-order valence-electron chi connectivity index (χ1n) is 8.78. The van der Waals surface area contributed by atoms with Crippen LogP contribution in [0.5, 0.6) is 0 Å². The first kappa shape index (κ1) is 16.8. The number of piperidine rings is 1. The predicted molar refractivity (Wildman–Crippen MR) is 85.3 cm³/mol. The maximum Gasteiger partial charge on any atom is 0.323 e. The van der Waals surface area contributed by atoms with Crippen LogP contribution in [0.2, 0.25) is 0 Å². The van der Waals surface area contributed by atoms with Crippen molar-refractivity contribution in [2.45, 2.75) is 57.9 Å². The molecule has 0 aliphatic carbocycles. The third kappa shape index (κ3) is 4.96. The van der Waals surface area contributed by atoms with E-state index in [2.05, 4.69) is 16.7 Å². The third-order valence-corrected chi connectivity index (χ3v) is 5.11. The average molecular weight is 296 g/mol. The van der Waals surface area contributed by atoms with Crippen molar-refractivity contribution in [1.82, 2.24) is 9.80 Å². The van der Waals surface area contributed by atoms with Gasteiger partial charge in [-0.15, -0.1) is 0 Å². The lowest BCUT2D eigenvalue weighted by molar-refractivity contribution is -0.148. The average Bonchev–Trinajstić information content (AvgIpc) is 3.02. The van der Waals surface area contributed by atoms with E-state index in [9.17, 15) is 4.79 Å². The molecule has 0 spiro atoms. The Kier molecular flexibility index (Phi) is 6.97. The lowest BCUT2D eigenvalue weighted by atomic mass is 9.94. The van der Waals surface area contributed by atoms with Crippen LogP contribution in [0, 0.1) is 5.92 Å². The standard InChI is InChI=1S/C17H32N2O2/c1-3-4-7-16(17(20)21-2)19-12-8-15(9-13-19)14-18-10-5-6-11-18/h15-16H,3-14H2,1-2H3. The van der Waals surface area contributed by atoms with Crippen LogP contribution < -0.4 is 0 Å². The van der Waals surface area contributed by atoms with E-state index in [1.54, 1.807) is 0 Å². The van der Waals surface area contributed by atoms with Crippen molar-refractivity contribution in [1.29, 1.82) is 0 Å². The lowest BCUT2D eigenvalue weighted by Gasteiger charge is -2.37. The number of likely N-dealkylation sites (tertiary alicyclic amines) is 2. The molecule has 0 bridgehead atoms. The monoisotopic (exact) mass is 296 g/mol. The number of hydrogen-bond acceptors (Lipinski definition) is 4. The Labute approximate surface area is 129 Å². The summed E-state index contributed by atoms with van der Waals surface area (Å²) in [6.45, 7) is 8.15. The molecule has 21 heavy (non-hydrogen) atoms. The molecular weight excluding hydrogens is 264 g/mol. The van der Waals surface area contributed by atoms with Gasteiger partial charge in [-0.2, -0.15) is 0 Å². The van der Waals surface area contributed by atoms with Crippen LogP contribution in [0.25, 0.3) is 0 Å². The largest absolute Gasteiger partial charge is 0.468 e. The highest BCUT2D eigenvalue weighted by Crippen LogP contribution is 2.23. The van der Waals surface area contributed by atoms with Crippen LogP contribution in [0.1, 0.15) is 51.9 Å². The van der Waals surface area contributed by atoms with Crippen molar-refractivity contribution in [3.05, 3.63) is 0 Å². The molecule has 0 saturated carbocycles. The van der Waals surface area contributed by atoms with Crippen LogP contribution in [0.4, 0.5) is 0 Å². The third-order valence-electron chi connectivity index (χ3n) is 5.11. The molecule has 0 aromatic heterocycles. The van der Waals surface area contributed by atoms with Crippen LogP contribution in [-0.2, 0) is 9.53 Å². The van der Waals surface area contributed by atoms with Gasteiger partial charge in [0.15, 0.2) is 0 Å². The van der Waals surface area contributed by atoms with Gasteiger partial charge in [0.25, 0.3) is 0 Å². The van der Waals surface area contributed by atoms with Gasteiger partial charge >= 0.3 is 5.97 Å². The van der Waals surface area contributed by atoms with Crippen LogP contribution in [0.3, 0.4) is 0 Å². The number of nitrogens with zero attached hydrogens (tertiary/aromatic N) is 2. The second kappa shape index (κ2) is 8.74. The smallest absolute Gasteiger partial charge is 0.323 e. The first-order valence-corrected chi connectivity index (χ1v) is 8.78. The van der Waals surface area contributed by atoms with E-state index in [0.717, 1.165) is 38.3 Å². The molecule has 2 saturated heterocycles. The summed E-state index contributed by atoms with van der Waals surface area (Å²) < 4.78 is 5.01. The van der Waals surface area contributed by atoms with Crippen molar-refractivity contribution in [2.24, 2.45) is 5.92 Å². The summed E-state index contributed by atoms with van der Waals surface area (Å²) in [7, 11) is 1.52. The lowest BCUT2D eigenvalue weighted by Crippen LogP contribution is -2.47. The second-order valence-corrected chi connectivity index (χ2v) is 6.67. The molecule has 2 rings (SSSR count). The first-order chi connectivity index (χ1) is 10.2. The fourth-order valence-corrected chi connectivity index (χ4v) is 3.76. The fourth-order valence-electron chi connectivity index (χ4n) is 3.76. The normalized spacial score (nSPS) is 23.3. The Balaban J connectivity index is 1.78. The minimum atomic E-state index is -0.0403. The number of esters is 1. The molecule has 1 atom stereocenters. The Morgan fingerprint density at radius 3 is 2.43 bits per heavy atom. The zero-order valence-corrected chi connectivity index (χ0v) is 13.9. The fraction of sp³-hybridized carbons (Fsp3) is 0.941. The molecule has 2 aliphatic heterocycles. The Morgan fingerprint density at radius 2 is 1.86 bits per heavy atom. The van der Waals surface area contributed by atoms with Gasteiger partial charge < -0.3 is 9.64 Å². The number of hydrogen-bond donors (Lipinski definition) is 0. The van der Waals surface area contributed by atoms with Crippen molar-refractivity contribution in [3.8, 4) is 0 Å². The van der Waals surface area contributed by atoms with Gasteiger partial charge in [0.2, 0.25) is 0 Å². The summed E-state index contributed by atoms with van der Waals surface area (Å²) >= 11 is 0. The number of ether oxygens (including phenoxy) is 1. The Bertz CT molecular complexity index is 308. The van der Waals surface area contributed by atoms with E-state index in [1.807, 2.05) is 0 Å². The zero-order chi connectivity index (χ0) is 15.1. The second-order valence-electron chi connectivity index (χ2n) is 6.67. The zero-order valence-electron chi connectivity index (χ0n) is 13.9. The number of rotatable bonds is 7. The van der Waals surface area contributed by atoms with Crippen molar-refractivity contribution in [3.63, 3.8) is 0 Å². The highest BCUT2D eigenvalue weighted by molar-refractivity contribution is 5.75. The van der Waals surface area contributed by atoms with Gasteiger partial charge in [-0.05, 0) is 64.2 Å². The molecule has 4 heteroatoms. The summed E-state index contributed by atoms with van der Waals surface area (Å²) in [6, 6.07) is -0.0114. The van der Waals surface area contributed by atoms with Gasteiger partial charge in [0, 0.05) is 6.54 Å². The molecule has 0 aromatic carbocycles. The number of unbranched alkanes of at least 4 members (excludes halogenated alkanes) is 1. The van der Waals surface area contributed by atoms with Crippen molar-refractivity contribution >= 4 is 5.97 Å². The van der Waals surface area contributed by atoms with Crippen LogP contribution in [0.15, 0.2) is 0 Å². The molecular formula is C17H32N2O2. The molecule has 0 radical (unpaired) electrons. The van der Waals surface area contributed by atoms with Crippen LogP contribution >= 0.6 is 0 Å². The molecule has 0 aromatic rings. The Morgan fingerprint density at radius 1 is 1.19 bits per heavy atom. The molecule has 2 fully saturated rings. The van der Waals surface area contributed by atoms with E-state index in [0.29, 0.717) is 0 Å². The van der Waals surface area contributed by atoms with E-state index >= 15 is 0 Å². The maximum absolute atomic E-state index is 12.0. The van der Waals surface area contributed by atoms with Crippen molar-refractivity contribution < 1.29 is 9.53 Å². The number of methoxy groups -OCH3 is 1. The summed E-state index contributed by atoms with van der Waals surface area (Å²) in [5.74, 6) is 0.783. The van der Waals surface area contributed by atoms with E-state index in [4.69, 9.17) is 4.74 Å². The quantitative estimate of drug-likeness (QED) is 0.676. The molecule has 122 valence electrons. The molecule has 0 N–H and O–H groups in total. The molecule has 4 nitrogen and oxygen atoms in total. The summed E-state index contributed by atoms with van der Waals surface area (Å²) in [5, 5.41) is 0. The summed E-state index contributed by atoms with van der Waals surface area (Å²) in [6.07, 6.45) is 8.40. The number of carbonyl (C=O) groups is 1. The molecule has 2 aliphatic rings. The van der Waals surface area contributed by atoms with E-state index < -0.39 is 0 Å². The predicted octanol–water partition coefficient (Wildman–Crippen LogP) is 2.53. The van der Waals surface area contributed by atoms with Gasteiger partial charge in [-0.3, -0.25) is 9.69 Å². The minimum Gasteiger partial charge on any atom is -0.468 e.